The summed E-state index contributed by atoms with van der Waals surface area (Å²) >= 11 is 0. The molecule has 0 aromatic carbocycles. The van der Waals surface area contributed by atoms with Gasteiger partial charge in [0, 0.05) is 6.20 Å². The van der Waals surface area contributed by atoms with Crippen LogP contribution in [-0.2, 0) is 14.2 Å². The molecule has 10 heteroatoms. The van der Waals surface area contributed by atoms with E-state index in [1.54, 1.807) is 13.8 Å². The van der Waals surface area contributed by atoms with E-state index in [-0.39, 0.29) is 18.1 Å². The van der Waals surface area contributed by atoms with Gasteiger partial charge < -0.3 is 23.7 Å². The summed E-state index contributed by atoms with van der Waals surface area (Å²) in [6.45, 7) is 3.19. The minimum atomic E-state index is -0.873. The average Bonchev–Trinajstić information content (AvgIpc) is 3.23. The van der Waals surface area contributed by atoms with Crippen molar-refractivity contribution < 1.29 is 23.7 Å². The van der Waals surface area contributed by atoms with E-state index in [2.05, 4.69) is 9.97 Å². The topological polar surface area (TPSA) is 129 Å². The third-order valence-electron chi connectivity index (χ3n) is 4.21. The molecular formula is C15H17N3O7. The SMILES string of the molecule is CC1(C)O[C@@H]2[C@H](O1)[C@@H](CO)O[C@H]2n1cc(-c2ncco2)c(=O)[nH]c1=O. The third kappa shape index (κ3) is 2.63. The first-order valence-electron chi connectivity index (χ1n) is 7.77. The van der Waals surface area contributed by atoms with Crippen LogP contribution < -0.4 is 11.2 Å². The monoisotopic (exact) mass is 351 g/mol. The van der Waals surface area contributed by atoms with Gasteiger partial charge in [0.15, 0.2) is 12.0 Å². The summed E-state index contributed by atoms with van der Waals surface area (Å²) in [6.07, 6.45) is 1.35. The Bertz CT molecular complexity index is 885. The smallest absolute Gasteiger partial charge is 0.330 e. The zero-order valence-corrected chi connectivity index (χ0v) is 13.5. The first-order chi connectivity index (χ1) is 11.9. The molecule has 0 radical (unpaired) electrons. The molecule has 2 aromatic rings. The highest BCUT2D eigenvalue weighted by molar-refractivity contribution is 5.49. The molecular weight excluding hydrogens is 334 g/mol. The lowest BCUT2D eigenvalue weighted by Gasteiger charge is -2.24. The van der Waals surface area contributed by atoms with Gasteiger partial charge >= 0.3 is 5.69 Å². The molecule has 4 heterocycles. The highest BCUT2D eigenvalue weighted by Crippen LogP contribution is 2.42. The molecule has 10 nitrogen and oxygen atoms in total. The van der Waals surface area contributed by atoms with Crippen LogP contribution in [0.3, 0.4) is 0 Å². The van der Waals surface area contributed by atoms with E-state index in [0.717, 1.165) is 0 Å². The lowest BCUT2D eigenvalue weighted by molar-refractivity contribution is -0.200. The molecule has 0 spiro atoms. The molecule has 2 fully saturated rings. The number of aliphatic hydroxyl groups excluding tert-OH is 1. The van der Waals surface area contributed by atoms with Gasteiger partial charge in [0.2, 0.25) is 5.89 Å². The molecule has 2 N–H and O–H groups in total. The largest absolute Gasteiger partial charge is 0.444 e. The van der Waals surface area contributed by atoms with Gasteiger partial charge in [0.05, 0.1) is 12.8 Å². The van der Waals surface area contributed by atoms with Crippen LogP contribution >= 0.6 is 0 Å². The summed E-state index contributed by atoms with van der Waals surface area (Å²) in [6, 6.07) is 0. The zero-order chi connectivity index (χ0) is 17.8. The quantitative estimate of drug-likeness (QED) is 0.764. The summed E-state index contributed by atoms with van der Waals surface area (Å²) in [5.74, 6) is -0.797. The average molecular weight is 351 g/mol. The van der Waals surface area contributed by atoms with Crippen LogP contribution in [0.5, 0.6) is 0 Å². The molecule has 25 heavy (non-hydrogen) atoms. The molecule has 0 amide bonds. The van der Waals surface area contributed by atoms with Crippen LogP contribution in [0.25, 0.3) is 11.5 Å². The van der Waals surface area contributed by atoms with Crippen molar-refractivity contribution in [3.63, 3.8) is 0 Å². The molecule has 2 aromatic heterocycles. The molecule has 0 aliphatic carbocycles. The second-order valence-corrected chi connectivity index (χ2v) is 6.36. The van der Waals surface area contributed by atoms with Crippen molar-refractivity contribution >= 4 is 0 Å². The van der Waals surface area contributed by atoms with Gasteiger partial charge in [-0.25, -0.2) is 9.78 Å². The molecule has 0 saturated carbocycles. The minimum absolute atomic E-state index is 0.0761. The van der Waals surface area contributed by atoms with Crippen LogP contribution in [0.4, 0.5) is 0 Å². The number of aromatic nitrogens is 3. The number of aromatic amines is 1. The van der Waals surface area contributed by atoms with E-state index in [4.69, 9.17) is 18.6 Å². The maximum atomic E-state index is 12.3. The van der Waals surface area contributed by atoms with E-state index in [9.17, 15) is 14.7 Å². The van der Waals surface area contributed by atoms with Crippen molar-refractivity contribution in [2.24, 2.45) is 0 Å². The number of fused-ring (bicyclic) bond motifs is 1. The Morgan fingerprint density at radius 2 is 2.08 bits per heavy atom. The van der Waals surface area contributed by atoms with Crippen molar-refractivity contribution in [1.82, 2.24) is 14.5 Å². The van der Waals surface area contributed by atoms with E-state index in [1.165, 1.54) is 23.2 Å². The molecule has 4 atom stereocenters. The Balaban J connectivity index is 1.78. The summed E-state index contributed by atoms with van der Waals surface area (Å²) in [7, 11) is 0. The second kappa shape index (κ2) is 5.63. The van der Waals surface area contributed by atoms with Crippen molar-refractivity contribution in [2.75, 3.05) is 6.61 Å². The fraction of sp³-hybridized carbons (Fsp3) is 0.533. The molecule has 4 rings (SSSR count). The number of rotatable bonds is 3. The van der Waals surface area contributed by atoms with Crippen LogP contribution in [0.2, 0.25) is 0 Å². The first kappa shape index (κ1) is 16.2. The number of nitrogens with one attached hydrogen (secondary N) is 1. The molecule has 2 saturated heterocycles. The molecule has 0 bridgehead atoms. The van der Waals surface area contributed by atoms with Gasteiger partial charge in [-0.05, 0) is 13.8 Å². The van der Waals surface area contributed by atoms with Crippen molar-refractivity contribution in [3.8, 4) is 11.5 Å². The van der Waals surface area contributed by atoms with Crippen LogP contribution in [0, 0.1) is 0 Å². The summed E-state index contributed by atoms with van der Waals surface area (Å²) in [4.78, 5) is 30.5. The van der Waals surface area contributed by atoms with Gasteiger partial charge in [0.25, 0.3) is 5.56 Å². The van der Waals surface area contributed by atoms with Crippen molar-refractivity contribution in [3.05, 3.63) is 39.5 Å². The van der Waals surface area contributed by atoms with E-state index in [0.29, 0.717) is 0 Å². The Morgan fingerprint density at radius 1 is 1.32 bits per heavy atom. The Hall–Kier alpha value is -2.27. The minimum Gasteiger partial charge on any atom is -0.444 e. The molecule has 0 unspecified atom stereocenters. The van der Waals surface area contributed by atoms with Gasteiger partial charge in [-0.2, -0.15) is 0 Å². The van der Waals surface area contributed by atoms with Gasteiger partial charge in [-0.3, -0.25) is 14.3 Å². The fourth-order valence-electron chi connectivity index (χ4n) is 3.21. The van der Waals surface area contributed by atoms with Crippen molar-refractivity contribution in [1.29, 1.82) is 0 Å². The second-order valence-electron chi connectivity index (χ2n) is 6.36. The van der Waals surface area contributed by atoms with E-state index < -0.39 is 41.6 Å². The number of oxazole rings is 1. The van der Waals surface area contributed by atoms with Crippen LogP contribution in [0.1, 0.15) is 20.1 Å². The third-order valence-corrected chi connectivity index (χ3v) is 4.21. The Labute approximate surface area is 141 Å². The first-order valence-corrected chi connectivity index (χ1v) is 7.77. The molecule has 2 aliphatic rings. The van der Waals surface area contributed by atoms with E-state index >= 15 is 0 Å². The van der Waals surface area contributed by atoms with Crippen LogP contribution in [0.15, 0.2) is 32.7 Å². The standard InChI is InChI=1S/C15H17N3O7/c1-15(2)24-9-8(6-19)23-13(10(9)25-15)18-5-7(11(20)17-14(18)21)12-16-3-4-22-12/h3-5,8-10,13,19H,6H2,1-2H3,(H,17,20,21)/t8-,9-,10-,13-/m1/s1. The number of ether oxygens (including phenoxy) is 3. The Kier molecular flexibility index (Phi) is 3.65. The van der Waals surface area contributed by atoms with Gasteiger partial charge in [-0.15, -0.1) is 0 Å². The number of hydrogen-bond donors (Lipinski definition) is 2. The number of hydrogen-bond acceptors (Lipinski definition) is 8. The lowest BCUT2D eigenvalue weighted by atomic mass is 10.1. The normalized spacial score (nSPS) is 30.5. The maximum Gasteiger partial charge on any atom is 0.330 e. The molecule has 2 aliphatic heterocycles. The highest BCUT2D eigenvalue weighted by atomic mass is 16.8. The van der Waals surface area contributed by atoms with E-state index in [1.807, 2.05) is 0 Å². The number of H-pyrrole nitrogens is 1. The zero-order valence-electron chi connectivity index (χ0n) is 13.5. The van der Waals surface area contributed by atoms with Crippen molar-refractivity contribution in [2.45, 2.75) is 44.2 Å². The highest BCUT2D eigenvalue weighted by Gasteiger charge is 2.55. The molecule has 134 valence electrons. The number of nitrogens with zero attached hydrogens (tertiary/aromatic N) is 2. The maximum absolute atomic E-state index is 12.3. The van der Waals surface area contributed by atoms with Gasteiger partial charge in [-0.1, -0.05) is 0 Å². The van der Waals surface area contributed by atoms with Gasteiger partial charge in [0.1, 0.15) is 30.1 Å². The predicted octanol–water partition coefficient (Wildman–Crippen LogP) is -0.399. The summed E-state index contributed by atoms with van der Waals surface area (Å²) < 4.78 is 23.7. The summed E-state index contributed by atoms with van der Waals surface area (Å²) in [5, 5.41) is 9.54. The fourth-order valence-corrected chi connectivity index (χ4v) is 3.21. The predicted molar refractivity (Wildman–Crippen MR) is 81.6 cm³/mol. The van der Waals surface area contributed by atoms with Crippen LogP contribution in [-0.4, -0.2) is 50.3 Å². The number of aliphatic hydroxyl groups is 1. The summed E-state index contributed by atoms with van der Waals surface area (Å²) in [5.41, 5.74) is -1.22. The lowest BCUT2D eigenvalue weighted by Crippen LogP contribution is -2.38. The Morgan fingerprint density at radius 3 is 2.76 bits per heavy atom.